The number of anilines is 1. The molecule has 0 bridgehead atoms. The van der Waals surface area contributed by atoms with Crippen LogP contribution in [0.1, 0.15) is 31.2 Å². The van der Waals surface area contributed by atoms with E-state index in [9.17, 15) is 14.0 Å². The molecule has 150 valence electrons. The summed E-state index contributed by atoms with van der Waals surface area (Å²) in [5.74, 6) is 0.487. The summed E-state index contributed by atoms with van der Waals surface area (Å²) in [5, 5.41) is 4.31. The molecule has 7 nitrogen and oxygen atoms in total. The van der Waals surface area contributed by atoms with Gasteiger partial charge in [0.15, 0.2) is 12.5 Å². The zero-order valence-corrected chi connectivity index (χ0v) is 17.0. The summed E-state index contributed by atoms with van der Waals surface area (Å²) in [7, 11) is 0. The average Bonchev–Trinajstić information content (AvgIpc) is 3.18. The van der Waals surface area contributed by atoms with E-state index in [0.29, 0.717) is 28.9 Å². The van der Waals surface area contributed by atoms with Crippen LogP contribution in [0.25, 0.3) is 0 Å². The predicted molar refractivity (Wildman–Crippen MR) is 107 cm³/mol. The Hall–Kier alpha value is -1.84. The molecule has 2 aliphatic heterocycles. The molecule has 9 heteroatoms. The van der Waals surface area contributed by atoms with E-state index in [0.717, 1.165) is 44.2 Å². The van der Waals surface area contributed by atoms with Crippen molar-refractivity contribution in [1.29, 1.82) is 0 Å². The molecule has 1 saturated carbocycles. The maximum Gasteiger partial charge on any atom is 0.177 e. The van der Waals surface area contributed by atoms with Gasteiger partial charge in [-0.05, 0) is 49.4 Å². The highest BCUT2D eigenvalue weighted by Crippen LogP contribution is 2.43. The normalized spacial score (nSPS) is 26.1. The Bertz CT molecular complexity index is 829. The number of halogens is 2. The number of aldehydes is 2. The van der Waals surface area contributed by atoms with Gasteiger partial charge < -0.3 is 10.5 Å². The first-order valence-corrected chi connectivity index (χ1v) is 10.3. The fourth-order valence-electron chi connectivity index (χ4n) is 4.16. The van der Waals surface area contributed by atoms with Gasteiger partial charge in [-0.3, -0.25) is 20.0 Å². The van der Waals surface area contributed by atoms with E-state index < -0.39 is 12.0 Å². The second-order valence-electron chi connectivity index (χ2n) is 7.73. The zero-order valence-electron chi connectivity index (χ0n) is 15.4. The number of rotatable bonds is 7. The van der Waals surface area contributed by atoms with E-state index in [1.54, 1.807) is 11.0 Å². The summed E-state index contributed by atoms with van der Waals surface area (Å²) in [6.07, 6.45) is 4.45. The SMILES string of the molecule is NCc1cc(N2C(C[C@@H]3CCN(C4(C=O)CC4)C3)=NNC2C=O)c(F)cc1Br. The van der Waals surface area contributed by atoms with E-state index >= 15 is 0 Å². The van der Waals surface area contributed by atoms with E-state index in [-0.39, 0.29) is 17.8 Å². The van der Waals surface area contributed by atoms with Crippen LogP contribution < -0.4 is 16.1 Å². The number of hydrogen-bond donors (Lipinski definition) is 2. The van der Waals surface area contributed by atoms with E-state index in [2.05, 4.69) is 31.4 Å². The number of hydrazone groups is 1. The molecule has 2 atom stereocenters. The summed E-state index contributed by atoms with van der Waals surface area (Å²) in [6.45, 7) is 1.94. The zero-order chi connectivity index (χ0) is 19.9. The van der Waals surface area contributed by atoms with Crippen molar-refractivity contribution in [3.8, 4) is 0 Å². The molecule has 1 saturated heterocycles. The van der Waals surface area contributed by atoms with Gasteiger partial charge in [-0.2, -0.15) is 5.10 Å². The van der Waals surface area contributed by atoms with Crippen LogP contribution in [0.5, 0.6) is 0 Å². The van der Waals surface area contributed by atoms with Crippen molar-refractivity contribution >= 4 is 40.0 Å². The Morgan fingerprint density at radius 2 is 2.18 bits per heavy atom. The van der Waals surface area contributed by atoms with Crippen LogP contribution in [0, 0.1) is 11.7 Å². The molecule has 1 unspecified atom stereocenters. The first kappa shape index (κ1) is 19.5. The second-order valence-corrected chi connectivity index (χ2v) is 8.59. The number of nitrogens with zero attached hydrogens (tertiary/aromatic N) is 3. The lowest BCUT2D eigenvalue weighted by Crippen LogP contribution is -2.43. The Morgan fingerprint density at radius 1 is 1.39 bits per heavy atom. The van der Waals surface area contributed by atoms with Crippen molar-refractivity contribution in [1.82, 2.24) is 10.3 Å². The smallest absolute Gasteiger partial charge is 0.177 e. The third-order valence-electron chi connectivity index (χ3n) is 5.97. The summed E-state index contributed by atoms with van der Waals surface area (Å²) < 4.78 is 15.3. The molecule has 0 radical (unpaired) electrons. The van der Waals surface area contributed by atoms with Gasteiger partial charge >= 0.3 is 0 Å². The van der Waals surface area contributed by atoms with Crippen LogP contribution >= 0.6 is 15.9 Å². The predicted octanol–water partition coefficient (Wildman–Crippen LogP) is 1.74. The van der Waals surface area contributed by atoms with Crippen molar-refractivity contribution in [2.45, 2.75) is 43.9 Å². The number of nitrogens with one attached hydrogen (secondary N) is 1. The Kier molecular flexibility index (Phi) is 5.24. The first-order chi connectivity index (χ1) is 13.5. The van der Waals surface area contributed by atoms with Crippen molar-refractivity contribution in [2.24, 2.45) is 16.8 Å². The lowest BCUT2D eigenvalue weighted by molar-refractivity contribution is -0.113. The highest BCUT2D eigenvalue weighted by Gasteiger charge is 2.50. The fraction of sp³-hybridized carbons (Fsp3) is 0.526. The van der Waals surface area contributed by atoms with Crippen LogP contribution in [0.4, 0.5) is 10.1 Å². The van der Waals surface area contributed by atoms with Crippen LogP contribution in [0.3, 0.4) is 0 Å². The summed E-state index contributed by atoms with van der Waals surface area (Å²) >= 11 is 3.32. The first-order valence-electron chi connectivity index (χ1n) is 9.47. The molecule has 3 N–H and O–H groups in total. The van der Waals surface area contributed by atoms with E-state index in [4.69, 9.17) is 5.73 Å². The lowest BCUT2D eigenvalue weighted by Gasteiger charge is -2.27. The summed E-state index contributed by atoms with van der Waals surface area (Å²) in [4.78, 5) is 26.8. The van der Waals surface area contributed by atoms with Gasteiger partial charge in [0.25, 0.3) is 0 Å². The topological polar surface area (TPSA) is 91.0 Å². The molecule has 0 amide bonds. The molecule has 1 aromatic carbocycles. The number of carbonyl (C=O) groups excluding carboxylic acids is 2. The number of carbonyl (C=O) groups is 2. The molecular formula is C19H23BrFN5O2. The van der Waals surface area contributed by atoms with Gasteiger partial charge in [-0.1, -0.05) is 15.9 Å². The highest BCUT2D eigenvalue weighted by molar-refractivity contribution is 9.10. The van der Waals surface area contributed by atoms with Crippen LogP contribution in [0.15, 0.2) is 21.7 Å². The highest BCUT2D eigenvalue weighted by atomic mass is 79.9. The van der Waals surface area contributed by atoms with Gasteiger partial charge in [-0.15, -0.1) is 0 Å². The quantitative estimate of drug-likeness (QED) is 0.613. The van der Waals surface area contributed by atoms with Crippen LogP contribution in [-0.2, 0) is 16.1 Å². The lowest BCUT2D eigenvalue weighted by atomic mass is 10.0. The van der Waals surface area contributed by atoms with Crippen molar-refractivity contribution in [3.05, 3.63) is 28.0 Å². The molecular weight excluding hydrogens is 429 g/mol. The number of nitrogens with two attached hydrogens (primary N) is 1. The maximum absolute atomic E-state index is 14.7. The minimum absolute atomic E-state index is 0.249. The Labute approximate surface area is 171 Å². The van der Waals surface area contributed by atoms with Gasteiger partial charge in [0.05, 0.1) is 11.2 Å². The Morgan fingerprint density at radius 3 is 2.82 bits per heavy atom. The van der Waals surface area contributed by atoms with Gasteiger partial charge in [0.1, 0.15) is 17.9 Å². The fourth-order valence-corrected chi connectivity index (χ4v) is 4.63. The molecule has 1 aromatic rings. The molecule has 0 spiro atoms. The van der Waals surface area contributed by atoms with Gasteiger partial charge in [0, 0.05) is 24.0 Å². The molecule has 0 aromatic heterocycles. The molecule has 28 heavy (non-hydrogen) atoms. The molecule has 2 heterocycles. The summed E-state index contributed by atoms with van der Waals surface area (Å²) in [5.41, 5.74) is 9.32. The van der Waals surface area contributed by atoms with Crippen molar-refractivity contribution in [3.63, 3.8) is 0 Å². The van der Waals surface area contributed by atoms with Crippen molar-refractivity contribution < 1.29 is 14.0 Å². The second kappa shape index (κ2) is 7.53. The molecule has 1 aliphatic carbocycles. The van der Waals surface area contributed by atoms with Crippen LogP contribution in [0.2, 0.25) is 0 Å². The number of hydrogen-bond acceptors (Lipinski definition) is 7. The maximum atomic E-state index is 14.7. The standard InChI is InChI=1S/C19H23BrFN5O2/c20-14-7-15(21)16(6-13(14)8-22)26-17(23-24-18(26)10-27)5-12-1-4-25(9-12)19(11-28)2-3-19/h6-7,10-12,18,24H,1-5,8-9,22H2/t12-,18?/m0/s1. The molecule has 4 rings (SSSR count). The minimum atomic E-state index is -0.751. The number of likely N-dealkylation sites (tertiary alicyclic amines) is 1. The minimum Gasteiger partial charge on any atom is -0.326 e. The third kappa shape index (κ3) is 3.35. The largest absolute Gasteiger partial charge is 0.326 e. The van der Waals surface area contributed by atoms with Gasteiger partial charge in [0.2, 0.25) is 0 Å². The van der Waals surface area contributed by atoms with Crippen molar-refractivity contribution in [2.75, 3.05) is 18.0 Å². The third-order valence-corrected chi connectivity index (χ3v) is 6.71. The number of amidine groups is 1. The van der Waals surface area contributed by atoms with Crippen LogP contribution in [-0.4, -0.2) is 48.1 Å². The number of benzene rings is 1. The van der Waals surface area contributed by atoms with E-state index in [1.807, 2.05) is 0 Å². The summed E-state index contributed by atoms with van der Waals surface area (Å²) in [6, 6.07) is 3.03. The monoisotopic (exact) mass is 451 g/mol. The van der Waals surface area contributed by atoms with Gasteiger partial charge in [-0.25, -0.2) is 4.39 Å². The molecule has 3 aliphatic rings. The van der Waals surface area contributed by atoms with E-state index in [1.165, 1.54) is 6.07 Å². The molecule has 2 fully saturated rings. The Balaban J connectivity index is 1.54. The average molecular weight is 452 g/mol.